The Bertz CT molecular complexity index is 562. The molecule has 2 aromatic rings. The lowest BCUT2D eigenvalue weighted by Gasteiger charge is -2.19. The number of benzene rings is 2. The number of hydrogen-bond acceptors (Lipinski definition) is 1. The molecular weight excluding hydrogens is 275 g/mol. The van der Waals surface area contributed by atoms with Crippen molar-refractivity contribution in [3.63, 3.8) is 0 Å². The lowest BCUT2D eigenvalue weighted by Crippen LogP contribution is -2.14. The Kier molecular flexibility index (Phi) is 6.35. The zero-order valence-electron chi connectivity index (χ0n) is 13.0. The Morgan fingerprint density at radius 3 is 2.36 bits per heavy atom. The van der Waals surface area contributed by atoms with Gasteiger partial charge in [0, 0.05) is 0 Å². The van der Waals surface area contributed by atoms with Gasteiger partial charge in [0.1, 0.15) is 5.82 Å². The number of rotatable bonds is 8. The molecule has 0 spiro atoms. The van der Waals surface area contributed by atoms with Crippen molar-refractivity contribution in [2.75, 3.05) is 0 Å². The van der Waals surface area contributed by atoms with Crippen LogP contribution in [0.15, 0.2) is 67.3 Å². The van der Waals surface area contributed by atoms with E-state index in [1.54, 1.807) is 0 Å². The van der Waals surface area contributed by atoms with Crippen molar-refractivity contribution >= 4 is 0 Å². The van der Waals surface area contributed by atoms with E-state index in [0.29, 0.717) is 12.5 Å². The molecule has 0 amide bonds. The lowest BCUT2D eigenvalue weighted by atomic mass is 9.94. The van der Waals surface area contributed by atoms with Crippen LogP contribution in [0.4, 0.5) is 4.39 Å². The molecule has 1 nitrogen and oxygen atoms in total. The van der Waals surface area contributed by atoms with Crippen LogP contribution in [-0.2, 0) is 17.8 Å². The number of hydrogen-bond donors (Lipinski definition) is 0. The van der Waals surface area contributed by atoms with E-state index in [0.717, 1.165) is 18.4 Å². The SMILES string of the molecule is C=C[C@H](Cc1ccc(F)cc1)C[C@H](C)OCc1ccccc1. The molecule has 0 fully saturated rings. The van der Waals surface area contributed by atoms with Crippen LogP contribution in [0.3, 0.4) is 0 Å². The van der Waals surface area contributed by atoms with E-state index >= 15 is 0 Å². The Morgan fingerprint density at radius 1 is 1.05 bits per heavy atom. The summed E-state index contributed by atoms with van der Waals surface area (Å²) in [5, 5.41) is 0. The first-order valence-electron chi connectivity index (χ1n) is 7.70. The molecule has 2 aromatic carbocycles. The highest BCUT2D eigenvalue weighted by Gasteiger charge is 2.12. The summed E-state index contributed by atoms with van der Waals surface area (Å²) < 4.78 is 18.8. The predicted molar refractivity (Wildman–Crippen MR) is 89.1 cm³/mol. The van der Waals surface area contributed by atoms with Crippen molar-refractivity contribution in [2.24, 2.45) is 5.92 Å². The topological polar surface area (TPSA) is 9.23 Å². The monoisotopic (exact) mass is 298 g/mol. The van der Waals surface area contributed by atoms with E-state index < -0.39 is 0 Å². The fraction of sp³-hybridized carbons (Fsp3) is 0.300. The van der Waals surface area contributed by atoms with Gasteiger partial charge < -0.3 is 4.74 Å². The van der Waals surface area contributed by atoms with E-state index in [-0.39, 0.29) is 11.9 Å². The van der Waals surface area contributed by atoms with Gasteiger partial charge in [0.15, 0.2) is 0 Å². The van der Waals surface area contributed by atoms with E-state index in [1.807, 2.05) is 36.4 Å². The Balaban J connectivity index is 1.81. The summed E-state index contributed by atoms with van der Waals surface area (Å²) in [6, 6.07) is 16.9. The van der Waals surface area contributed by atoms with Gasteiger partial charge in [-0.25, -0.2) is 4.39 Å². The van der Waals surface area contributed by atoms with Gasteiger partial charge in [0.05, 0.1) is 12.7 Å². The van der Waals surface area contributed by atoms with Crippen molar-refractivity contribution in [3.05, 3.63) is 84.2 Å². The first-order chi connectivity index (χ1) is 10.7. The van der Waals surface area contributed by atoms with Crippen LogP contribution in [-0.4, -0.2) is 6.10 Å². The van der Waals surface area contributed by atoms with E-state index in [2.05, 4.69) is 25.6 Å². The van der Waals surface area contributed by atoms with Crippen molar-refractivity contribution in [3.8, 4) is 0 Å². The molecule has 0 saturated carbocycles. The standard InChI is InChI=1S/C20H23FO/c1-3-17(14-18-9-11-20(21)12-10-18)13-16(2)22-15-19-7-5-4-6-8-19/h3-12,16-17H,1,13-15H2,2H3/t16-,17-/m0/s1. The molecule has 0 heterocycles. The van der Waals surface area contributed by atoms with Crippen LogP contribution in [0.25, 0.3) is 0 Å². The molecule has 22 heavy (non-hydrogen) atoms. The molecule has 0 N–H and O–H groups in total. The van der Waals surface area contributed by atoms with Gasteiger partial charge in [-0.15, -0.1) is 6.58 Å². The molecule has 2 atom stereocenters. The average Bonchev–Trinajstić information content (AvgIpc) is 2.55. The zero-order chi connectivity index (χ0) is 15.8. The molecule has 2 heteroatoms. The second-order valence-electron chi connectivity index (χ2n) is 5.67. The van der Waals surface area contributed by atoms with Gasteiger partial charge in [-0.1, -0.05) is 48.5 Å². The van der Waals surface area contributed by atoms with Crippen LogP contribution in [0.1, 0.15) is 24.5 Å². The van der Waals surface area contributed by atoms with Gasteiger partial charge in [-0.3, -0.25) is 0 Å². The highest BCUT2D eigenvalue weighted by molar-refractivity contribution is 5.17. The largest absolute Gasteiger partial charge is 0.374 e. The Hall–Kier alpha value is -1.93. The molecule has 2 rings (SSSR count). The van der Waals surface area contributed by atoms with E-state index in [1.165, 1.54) is 17.7 Å². The summed E-state index contributed by atoms with van der Waals surface area (Å²) in [7, 11) is 0. The molecular formula is C20H23FO. The summed E-state index contributed by atoms with van der Waals surface area (Å²) >= 11 is 0. The van der Waals surface area contributed by atoms with Gasteiger partial charge in [0.25, 0.3) is 0 Å². The summed E-state index contributed by atoms with van der Waals surface area (Å²) in [5.74, 6) is 0.134. The summed E-state index contributed by atoms with van der Waals surface area (Å²) in [6.45, 7) is 6.63. The molecule has 0 saturated heterocycles. The summed E-state index contributed by atoms with van der Waals surface area (Å²) in [4.78, 5) is 0. The lowest BCUT2D eigenvalue weighted by molar-refractivity contribution is 0.0405. The van der Waals surface area contributed by atoms with Crippen molar-refractivity contribution in [1.82, 2.24) is 0 Å². The maximum absolute atomic E-state index is 12.9. The van der Waals surface area contributed by atoms with Crippen LogP contribution >= 0.6 is 0 Å². The first-order valence-corrected chi connectivity index (χ1v) is 7.70. The minimum absolute atomic E-state index is 0.156. The van der Waals surface area contributed by atoms with Crippen molar-refractivity contribution in [1.29, 1.82) is 0 Å². The number of ether oxygens (including phenoxy) is 1. The molecule has 0 aliphatic rings. The Morgan fingerprint density at radius 2 is 1.73 bits per heavy atom. The maximum atomic E-state index is 12.9. The van der Waals surface area contributed by atoms with Crippen molar-refractivity contribution < 1.29 is 9.13 Å². The minimum atomic E-state index is -0.196. The highest BCUT2D eigenvalue weighted by atomic mass is 19.1. The van der Waals surface area contributed by atoms with E-state index in [4.69, 9.17) is 4.74 Å². The van der Waals surface area contributed by atoms with E-state index in [9.17, 15) is 4.39 Å². The van der Waals surface area contributed by atoms with Crippen LogP contribution in [0, 0.1) is 11.7 Å². The third-order valence-electron chi connectivity index (χ3n) is 3.76. The average molecular weight is 298 g/mol. The molecule has 0 aromatic heterocycles. The molecule has 0 bridgehead atoms. The van der Waals surface area contributed by atoms with Gasteiger partial charge in [-0.2, -0.15) is 0 Å². The predicted octanol–water partition coefficient (Wildman–Crippen LogP) is 5.17. The minimum Gasteiger partial charge on any atom is -0.374 e. The third kappa shape index (κ3) is 5.45. The molecule has 0 unspecified atom stereocenters. The fourth-order valence-electron chi connectivity index (χ4n) is 2.49. The van der Waals surface area contributed by atoms with Gasteiger partial charge >= 0.3 is 0 Å². The Labute approximate surface area is 132 Å². The number of halogens is 1. The molecule has 0 aliphatic heterocycles. The summed E-state index contributed by atoms with van der Waals surface area (Å²) in [6.07, 6.45) is 3.89. The summed E-state index contributed by atoms with van der Waals surface area (Å²) in [5.41, 5.74) is 2.31. The maximum Gasteiger partial charge on any atom is 0.123 e. The fourth-order valence-corrected chi connectivity index (χ4v) is 2.49. The van der Waals surface area contributed by atoms with Gasteiger partial charge in [-0.05, 0) is 48.9 Å². The van der Waals surface area contributed by atoms with Crippen LogP contribution < -0.4 is 0 Å². The highest BCUT2D eigenvalue weighted by Crippen LogP contribution is 2.18. The van der Waals surface area contributed by atoms with Crippen LogP contribution in [0.5, 0.6) is 0 Å². The zero-order valence-corrected chi connectivity index (χ0v) is 13.0. The van der Waals surface area contributed by atoms with Crippen LogP contribution in [0.2, 0.25) is 0 Å². The number of allylic oxidation sites excluding steroid dienone is 1. The third-order valence-corrected chi connectivity index (χ3v) is 3.76. The second kappa shape index (κ2) is 8.50. The second-order valence-corrected chi connectivity index (χ2v) is 5.67. The first kappa shape index (κ1) is 16.4. The van der Waals surface area contributed by atoms with Crippen molar-refractivity contribution in [2.45, 2.75) is 32.5 Å². The molecule has 116 valence electrons. The normalized spacial score (nSPS) is 13.5. The van der Waals surface area contributed by atoms with Gasteiger partial charge in [0.2, 0.25) is 0 Å². The molecule has 0 aliphatic carbocycles. The molecule has 0 radical (unpaired) electrons. The quantitative estimate of drug-likeness (QED) is 0.611. The smallest absolute Gasteiger partial charge is 0.123 e.